The summed E-state index contributed by atoms with van der Waals surface area (Å²) in [4.78, 5) is 14.5. The van der Waals surface area contributed by atoms with Crippen LogP contribution in [-0.4, -0.2) is 23.0 Å². The Morgan fingerprint density at radius 3 is 2.94 bits per heavy atom. The summed E-state index contributed by atoms with van der Waals surface area (Å²) in [6, 6.07) is 6.50. The van der Waals surface area contributed by atoms with Crippen LogP contribution in [0.5, 0.6) is 0 Å². The zero-order chi connectivity index (χ0) is 13.0. The van der Waals surface area contributed by atoms with Gasteiger partial charge >= 0.3 is 0 Å². The molecule has 6 heteroatoms. The molecule has 0 aliphatic rings. The summed E-state index contributed by atoms with van der Waals surface area (Å²) >= 11 is 0. The highest BCUT2D eigenvalue weighted by atomic mass is 16.6. The molecule has 0 spiro atoms. The number of non-ortho nitro benzene ring substituents is 1. The van der Waals surface area contributed by atoms with Gasteiger partial charge in [0.05, 0.1) is 4.92 Å². The Morgan fingerprint density at radius 2 is 2.22 bits per heavy atom. The highest BCUT2D eigenvalue weighted by Gasteiger charge is 2.08. The van der Waals surface area contributed by atoms with Crippen LogP contribution in [0.4, 0.5) is 11.5 Å². The van der Waals surface area contributed by atoms with Crippen molar-refractivity contribution in [2.24, 2.45) is 5.73 Å². The van der Waals surface area contributed by atoms with Crippen LogP contribution >= 0.6 is 0 Å². The highest BCUT2D eigenvalue weighted by Crippen LogP contribution is 2.25. The molecule has 0 bridgehead atoms. The van der Waals surface area contributed by atoms with E-state index < -0.39 is 4.92 Å². The van der Waals surface area contributed by atoms with Gasteiger partial charge < -0.3 is 11.1 Å². The standard InChI is InChI=1S/C12H14N4O2/c13-5-1-6-14-12-11-3-2-10(16(17)18)8-9(11)4-7-15-12/h2-4,7-8H,1,5-6,13H2,(H,14,15). The molecule has 3 N–H and O–H groups in total. The molecule has 2 aromatic rings. The van der Waals surface area contributed by atoms with Crippen LogP contribution in [0.1, 0.15) is 6.42 Å². The molecule has 0 atom stereocenters. The van der Waals surface area contributed by atoms with Crippen molar-refractivity contribution in [3.05, 3.63) is 40.6 Å². The molecule has 0 saturated heterocycles. The van der Waals surface area contributed by atoms with E-state index in [1.54, 1.807) is 24.4 Å². The normalized spacial score (nSPS) is 10.5. The van der Waals surface area contributed by atoms with Crippen molar-refractivity contribution in [3.63, 3.8) is 0 Å². The molecule has 1 aromatic carbocycles. The molecule has 0 aliphatic carbocycles. The molecule has 18 heavy (non-hydrogen) atoms. The zero-order valence-corrected chi connectivity index (χ0v) is 9.80. The molecule has 2 rings (SSSR count). The van der Waals surface area contributed by atoms with Crippen LogP contribution in [0, 0.1) is 10.1 Å². The first kappa shape index (κ1) is 12.3. The molecule has 0 fully saturated rings. The predicted molar refractivity (Wildman–Crippen MR) is 70.6 cm³/mol. The predicted octanol–water partition coefficient (Wildman–Crippen LogP) is 1.90. The SMILES string of the molecule is NCCCNc1nccc2cc([N+](=O)[O-])ccc12. The van der Waals surface area contributed by atoms with Crippen LogP contribution in [0.15, 0.2) is 30.5 Å². The number of nitrogens with one attached hydrogen (secondary N) is 1. The first-order valence-corrected chi connectivity index (χ1v) is 5.69. The number of rotatable bonds is 5. The van der Waals surface area contributed by atoms with Crippen molar-refractivity contribution in [1.29, 1.82) is 0 Å². The van der Waals surface area contributed by atoms with E-state index in [1.807, 2.05) is 0 Å². The van der Waals surface area contributed by atoms with Crippen LogP contribution in [0.3, 0.4) is 0 Å². The molecular formula is C12H14N4O2. The van der Waals surface area contributed by atoms with Crippen LogP contribution in [0.25, 0.3) is 10.8 Å². The van der Waals surface area contributed by atoms with E-state index in [0.29, 0.717) is 6.54 Å². The molecular weight excluding hydrogens is 232 g/mol. The number of nitrogens with zero attached hydrogens (tertiary/aromatic N) is 2. The van der Waals surface area contributed by atoms with E-state index in [4.69, 9.17) is 5.73 Å². The summed E-state index contributed by atoms with van der Waals surface area (Å²) in [6.45, 7) is 1.35. The number of fused-ring (bicyclic) bond motifs is 1. The van der Waals surface area contributed by atoms with Gasteiger partial charge in [0.25, 0.3) is 5.69 Å². The fraction of sp³-hybridized carbons (Fsp3) is 0.250. The van der Waals surface area contributed by atoms with Crippen molar-refractivity contribution in [2.75, 3.05) is 18.4 Å². The fourth-order valence-electron chi connectivity index (χ4n) is 1.73. The Kier molecular flexibility index (Phi) is 3.69. The van der Waals surface area contributed by atoms with Gasteiger partial charge in [-0.15, -0.1) is 0 Å². The average molecular weight is 246 g/mol. The van der Waals surface area contributed by atoms with Gasteiger partial charge in [0, 0.05) is 30.3 Å². The third-order valence-corrected chi connectivity index (χ3v) is 2.63. The number of anilines is 1. The lowest BCUT2D eigenvalue weighted by molar-refractivity contribution is -0.384. The van der Waals surface area contributed by atoms with Crippen molar-refractivity contribution in [3.8, 4) is 0 Å². The second kappa shape index (κ2) is 5.42. The molecule has 0 saturated carbocycles. The lowest BCUT2D eigenvalue weighted by Crippen LogP contribution is -2.09. The number of benzene rings is 1. The molecule has 0 aliphatic heterocycles. The smallest absolute Gasteiger partial charge is 0.270 e. The lowest BCUT2D eigenvalue weighted by atomic mass is 10.1. The van der Waals surface area contributed by atoms with Crippen molar-refractivity contribution >= 4 is 22.3 Å². The number of aromatic nitrogens is 1. The Balaban J connectivity index is 2.34. The van der Waals surface area contributed by atoms with Crippen LogP contribution < -0.4 is 11.1 Å². The van der Waals surface area contributed by atoms with Crippen LogP contribution in [-0.2, 0) is 0 Å². The second-order valence-corrected chi connectivity index (χ2v) is 3.89. The maximum Gasteiger partial charge on any atom is 0.270 e. The van der Waals surface area contributed by atoms with Crippen molar-refractivity contribution < 1.29 is 4.92 Å². The number of nitro benzene ring substituents is 1. The summed E-state index contributed by atoms with van der Waals surface area (Å²) in [6.07, 6.45) is 2.49. The summed E-state index contributed by atoms with van der Waals surface area (Å²) < 4.78 is 0. The molecule has 94 valence electrons. The third kappa shape index (κ3) is 2.54. The van der Waals surface area contributed by atoms with Gasteiger partial charge in [-0.05, 0) is 30.5 Å². The number of pyridine rings is 1. The van der Waals surface area contributed by atoms with Gasteiger partial charge in [-0.3, -0.25) is 10.1 Å². The topological polar surface area (TPSA) is 94.1 Å². The fourth-order valence-corrected chi connectivity index (χ4v) is 1.73. The third-order valence-electron chi connectivity index (χ3n) is 2.63. The van der Waals surface area contributed by atoms with E-state index >= 15 is 0 Å². The van der Waals surface area contributed by atoms with E-state index in [-0.39, 0.29) is 5.69 Å². The van der Waals surface area contributed by atoms with Crippen molar-refractivity contribution in [2.45, 2.75) is 6.42 Å². The van der Waals surface area contributed by atoms with Gasteiger partial charge in [0.2, 0.25) is 0 Å². The minimum atomic E-state index is -0.401. The Hall–Kier alpha value is -2.21. The van der Waals surface area contributed by atoms with Crippen LogP contribution in [0.2, 0.25) is 0 Å². The van der Waals surface area contributed by atoms with E-state index in [1.165, 1.54) is 6.07 Å². The number of hydrogen-bond acceptors (Lipinski definition) is 5. The molecule has 0 radical (unpaired) electrons. The lowest BCUT2D eigenvalue weighted by Gasteiger charge is -2.07. The number of nitro groups is 1. The maximum absolute atomic E-state index is 10.7. The molecule has 6 nitrogen and oxygen atoms in total. The van der Waals surface area contributed by atoms with Gasteiger partial charge in [0.15, 0.2) is 0 Å². The van der Waals surface area contributed by atoms with E-state index in [9.17, 15) is 10.1 Å². The van der Waals surface area contributed by atoms with Crippen molar-refractivity contribution in [1.82, 2.24) is 4.98 Å². The summed E-state index contributed by atoms with van der Waals surface area (Å²) in [5.74, 6) is 0.732. The quantitative estimate of drug-likeness (QED) is 0.477. The summed E-state index contributed by atoms with van der Waals surface area (Å²) in [7, 11) is 0. The zero-order valence-electron chi connectivity index (χ0n) is 9.80. The molecule has 0 unspecified atom stereocenters. The number of nitrogens with two attached hydrogens (primary N) is 1. The van der Waals surface area contributed by atoms with E-state index in [0.717, 1.165) is 29.6 Å². The molecule has 1 aromatic heterocycles. The maximum atomic E-state index is 10.7. The largest absolute Gasteiger partial charge is 0.370 e. The Morgan fingerprint density at radius 1 is 1.39 bits per heavy atom. The highest BCUT2D eigenvalue weighted by molar-refractivity contribution is 5.93. The monoisotopic (exact) mass is 246 g/mol. The minimum absolute atomic E-state index is 0.0848. The molecule has 0 amide bonds. The first-order chi connectivity index (χ1) is 8.72. The summed E-state index contributed by atoms with van der Waals surface area (Å²) in [5, 5.41) is 15.6. The van der Waals surface area contributed by atoms with Gasteiger partial charge in [0.1, 0.15) is 5.82 Å². The Bertz CT molecular complexity index is 571. The average Bonchev–Trinajstić information content (AvgIpc) is 2.38. The van der Waals surface area contributed by atoms with Gasteiger partial charge in [-0.2, -0.15) is 0 Å². The van der Waals surface area contributed by atoms with E-state index in [2.05, 4.69) is 10.3 Å². The minimum Gasteiger partial charge on any atom is -0.370 e. The number of hydrogen-bond donors (Lipinski definition) is 2. The first-order valence-electron chi connectivity index (χ1n) is 5.69. The second-order valence-electron chi connectivity index (χ2n) is 3.89. The van der Waals surface area contributed by atoms with Gasteiger partial charge in [-0.1, -0.05) is 0 Å². The Labute approximate surface area is 104 Å². The summed E-state index contributed by atoms with van der Waals surface area (Å²) in [5.41, 5.74) is 5.51. The van der Waals surface area contributed by atoms with Gasteiger partial charge in [-0.25, -0.2) is 4.98 Å². The molecule has 1 heterocycles.